The zero-order chi connectivity index (χ0) is 21.4. The lowest BCUT2D eigenvalue weighted by molar-refractivity contribution is -0.138. The number of nitrogens with zero attached hydrogens (tertiary/aromatic N) is 4. The van der Waals surface area contributed by atoms with Gasteiger partial charge in [-0.3, -0.25) is 14.3 Å². The first kappa shape index (κ1) is 21.0. The first-order valence-corrected chi connectivity index (χ1v) is 11.7. The van der Waals surface area contributed by atoms with E-state index in [1.54, 1.807) is 0 Å². The molecule has 2 amide bonds. The molecule has 0 aromatic carbocycles. The number of rotatable bonds is 4. The summed E-state index contributed by atoms with van der Waals surface area (Å²) < 4.78 is 2.01. The highest BCUT2D eigenvalue weighted by atomic mass is 32.1. The summed E-state index contributed by atoms with van der Waals surface area (Å²) in [5, 5.41) is 8.65. The number of hydrogen-bond acceptors (Lipinski definition) is 5. The average molecular weight is 430 g/mol. The van der Waals surface area contributed by atoms with Crippen molar-refractivity contribution in [1.82, 2.24) is 25.0 Å². The molecule has 30 heavy (non-hydrogen) atoms. The number of aromatic nitrogens is 3. The quantitative estimate of drug-likeness (QED) is 0.808. The summed E-state index contributed by atoms with van der Waals surface area (Å²) in [6, 6.07) is 2.20. The Labute approximate surface area is 181 Å². The summed E-state index contributed by atoms with van der Waals surface area (Å²) in [6.07, 6.45) is 3.36. The van der Waals surface area contributed by atoms with Crippen LogP contribution in [0, 0.1) is 19.8 Å². The van der Waals surface area contributed by atoms with Crippen molar-refractivity contribution in [3.8, 4) is 0 Å². The van der Waals surface area contributed by atoms with E-state index in [4.69, 9.17) is 0 Å². The third-order valence-corrected chi connectivity index (χ3v) is 7.61. The van der Waals surface area contributed by atoms with Gasteiger partial charge in [-0.15, -0.1) is 11.3 Å². The Morgan fingerprint density at radius 2 is 1.90 bits per heavy atom. The smallest absolute Gasteiger partial charge is 0.263 e. The number of carbonyl (C=O) groups is 2. The molecule has 0 unspecified atom stereocenters. The van der Waals surface area contributed by atoms with E-state index >= 15 is 0 Å². The van der Waals surface area contributed by atoms with Crippen molar-refractivity contribution < 1.29 is 9.59 Å². The zero-order valence-electron chi connectivity index (χ0n) is 18.3. The second kappa shape index (κ2) is 8.49. The lowest BCUT2D eigenvalue weighted by atomic mass is 9.85. The standard InChI is InChI=1S/C22H31N5O2S/c1-13(2)21-23-15(4)19(30-21)20(28)24-17-7-5-16(6-8-17)22(29)26-9-10-27-18(12-26)11-14(3)25-27/h11,13,16-17H,5-10,12H2,1-4H3,(H,24,28). The van der Waals surface area contributed by atoms with Crippen LogP contribution in [-0.2, 0) is 17.9 Å². The number of hydrogen-bond donors (Lipinski definition) is 1. The molecule has 1 aliphatic heterocycles. The highest BCUT2D eigenvalue weighted by Gasteiger charge is 2.32. The molecule has 4 rings (SSSR count). The van der Waals surface area contributed by atoms with Gasteiger partial charge in [-0.25, -0.2) is 4.98 Å². The molecule has 7 nitrogen and oxygen atoms in total. The van der Waals surface area contributed by atoms with Crippen LogP contribution in [-0.4, -0.2) is 44.1 Å². The fourth-order valence-corrected chi connectivity index (χ4v) is 5.44. The molecule has 2 aromatic rings. The van der Waals surface area contributed by atoms with E-state index in [1.807, 2.05) is 23.4 Å². The van der Waals surface area contributed by atoms with E-state index in [9.17, 15) is 9.59 Å². The van der Waals surface area contributed by atoms with Gasteiger partial charge in [0.1, 0.15) is 4.88 Å². The fraction of sp³-hybridized carbons (Fsp3) is 0.636. The average Bonchev–Trinajstić information content (AvgIpc) is 3.29. The zero-order valence-corrected chi connectivity index (χ0v) is 19.1. The Morgan fingerprint density at radius 1 is 1.17 bits per heavy atom. The second-order valence-electron chi connectivity index (χ2n) is 8.90. The van der Waals surface area contributed by atoms with Gasteiger partial charge in [0.25, 0.3) is 5.91 Å². The second-order valence-corrected chi connectivity index (χ2v) is 9.93. The van der Waals surface area contributed by atoms with Gasteiger partial charge in [-0.05, 0) is 45.6 Å². The topological polar surface area (TPSA) is 80.1 Å². The molecule has 1 aliphatic carbocycles. The molecule has 2 aliphatic rings. The monoisotopic (exact) mass is 429 g/mol. The summed E-state index contributed by atoms with van der Waals surface area (Å²) >= 11 is 1.49. The van der Waals surface area contributed by atoms with Crippen molar-refractivity contribution in [2.45, 2.75) is 78.4 Å². The lowest BCUT2D eigenvalue weighted by Crippen LogP contribution is -2.44. The minimum absolute atomic E-state index is 0.0219. The Balaban J connectivity index is 1.30. The maximum Gasteiger partial charge on any atom is 0.263 e. The van der Waals surface area contributed by atoms with Crippen LogP contribution < -0.4 is 5.32 Å². The van der Waals surface area contributed by atoms with Gasteiger partial charge in [0.15, 0.2) is 0 Å². The van der Waals surface area contributed by atoms with Crippen molar-refractivity contribution in [2.24, 2.45) is 5.92 Å². The maximum absolute atomic E-state index is 13.0. The van der Waals surface area contributed by atoms with Crippen LogP contribution in [0.1, 0.15) is 77.2 Å². The van der Waals surface area contributed by atoms with Crippen molar-refractivity contribution >= 4 is 23.2 Å². The van der Waals surface area contributed by atoms with Gasteiger partial charge in [0.2, 0.25) is 5.91 Å². The van der Waals surface area contributed by atoms with E-state index in [0.717, 1.165) is 65.7 Å². The normalized spacial score (nSPS) is 21.6. The molecule has 1 saturated carbocycles. The molecule has 8 heteroatoms. The lowest BCUT2D eigenvalue weighted by Gasteiger charge is -2.34. The van der Waals surface area contributed by atoms with Crippen molar-refractivity contribution in [3.63, 3.8) is 0 Å². The minimum atomic E-state index is -0.0219. The summed E-state index contributed by atoms with van der Waals surface area (Å²) in [6.45, 7) is 10.2. The summed E-state index contributed by atoms with van der Waals surface area (Å²) in [4.78, 5) is 33.0. The Kier molecular flexibility index (Phi) is 5.95. The maximum atomic E-state index is 13.0. The van der Waals surface area contributed by atoms with Crippen LogP contribution in [0.5, 0.6) is 0 Å². The number of aryl methyl sites for hydroxylation is 2. The molecule has 3 heterocycles. The Bertz CT molecular complexity index is 939. The van der Waals surface area contributed by atoms with Gasteiger partial charge < -0.3 is 10.2 Å². The van der Waals surface area contributed by atoms with Crippen LogP contribution in [0.25, 0.3) is 0 Å². The third-order valence-electron chi connectivity index (χ3n) is 6.16. The molecule has 1 N–H and O–H groups in total. The highest BCUT2D eigenvalue weighted by Crippen LogP contribution is 2.29. The van der Waals surface area contributed by atoms with E-state index in [-0.39, 0.29) is 23.8 Å². The molecule has 2 aromatic heterocycles. The van der Waals surface area contributed by atoms with E-state index < -0.39 is 0 Å². The van der Waals surface area contributed by atoms with E-state index in [1.165, 1.54) is 11.3 Å². The molecule has 0 bridgehead atoms. The van der Waals surface area contributed by atoms with Crippen LogP contribution in [0.3, 0.4) is 0 Å². The summed E-state index contributed by atoms with van der Waals surface area (Å²) in [5.41, 5.74) is 2.94. The van der Waals surface area contributed by atoms with Gasteiger partial charge in [0, 0.05) is 24.4 Å². The van der Waals surface area contributed by atoms with Crippen LogP contribution in [0.2, 0.25) is 0 Å². The van der Waals surface area contributed by atoms with E-state index in [0.29, 0.717) is 12.5 Å². The minimum Gasteiger partial charge on any atom is -0.349 e. The van der Waals surface area contributed by atoms with Crippen LogP contribution in [0.4, 0.5) is 0 Å². The van der Waals surface area contributed by atoms with Gasteiger partial charge in [-0.2, -0.15) is 5.10 Å². The molecule has 162 valence electrons. The van der Waals surface area contributed by atoms with Gasteiger partial charge in [0.05, 0.1) is 35.2 Å². The molecule has 0 saturated heterocycles. The van der Waals surface area contributed by atoms with Crippen molar-refractivity contribution in [2.75, 3.05) is 6.54 Å². The molecule has 0 radical (unpaired) electrons. The molecular weight excluding hydrogens is 398 g/mol. The predicted octanol–water partition coefficient (Wildman–Crippen LogP) is 3.41. The van der Waals surface area contributed by atoms with Gasteiger partial charge in [-0.1, -0.05) is 13.8 Å². The van der Waals surface area contributed by atoms with E-state index in [2.05, 4.69) is 35.3 Å². The number of carbonyl (C=O) groups excluding carboxylic acids is 2. The molecule has 0 atom stereocenters. The third kappa shape index (κ3) is 4.29. The number of fused-ring (bicyclic) bond motifs is 1. The van der Waals surface area contributed by atoms with Crippen molar-refractivity contribution in [1.29, 1.82) is 0 Å². The largest absolute Gasteiger partial charge is 0.349 e. The SMILES string of the molecule is Cc1cc2n(n1)CCN(C(=O)C1CCC(NC(=O)c3sc(C(C)C)nc3C)CC1)C2. The predicted molar refractivity (Wildman–Crippen MR) is 117 cm³/mol. The first-order chi connectivity index (χ1) is 14.3. The number of amides is 2. The Morgan fingerprint density at radius 3 is 2.57 bits per heavy atom. The number of thiazole rings is 1. The van der Waals surface area contributed by atoms with Gasteiger partial charge >= 0.3 is 0 Å². The molecule has 0 spiro atoms. The Hall–Kier alpha value is -2.22. The molecular formula is C22H31N5O2S. The highest BCUT2D eigenvalue weighted by molar-refractivity contribution is 7.13. The van der Waals surface area contributed by atoms with Crippen LogP contribution in [0.15, 0.2) is 6.07 Å². The first-order valence-electron chi connectivity index (χ1n) is 10.9. The summed E-state index contributed by atoms with van der Waals surface area (Å²) in [5.74, 6) is 0.622. The summed E-state index contributed by atoms with van der Waals surface area (Å²) in [7, 11) is 0. The molecule has 1 fully saturated rings. The van der Waals surface area contributed by atoms with Crippen molar-refractivity contribution in [3.05, 3.63) is 33.0 Å². The number of nitrogens with one attached hydrogen (secondary N) is 1. The van der Waals surface area contributed by atoms with Crippen LogP contribution >= 0.6 is 11.3 Å². The fourth-order valence-electron chi connectivity index (χ4n) is 4.47.